The minimum absolute atomic E-state index is 0.218. The van der Waals surface area contributed by atoms with Crippen molar-refractivity contribution in [2.75, 3.05) is 44.2 Å². The summed E-state index contributed by atoms with van der Waals surface area (Å²) < 4.78 is 23.2. The second-order valence-electron chi connectivity index (χ2n) is 4.79. The zero-order valence-electron chi connectivity index (χ0n) is 11.7. The first-order valence-electron chi connectivity index (χ1n) is 6.54. The fourth-order valence-electron chi connectivity index (χ4n) is 1.72. The summed E-state index contributed by atoms with van der Waals surface area (Å²) in [7, 11) is -2.87. The highest BCUT2D eigenvalue weighted by atomic mass is 32.2. The average Bonchev–Trinajstić information content (AvgIpc) is 2.21. The summed E-state index contributed by atoms with van der Waals surface area (Å²) in [5.41, 5.74) is 0. The van der Waals surface area contributed by atoms with Crippen molar-refractivity contribution in [2.24, 2.45) is 5.92 Å². The number of sulfone groups is 1. The van der Waals surface area contributed by atoms with Gasteiger partial charge < -0.3 is 10.2 Å². The van der Waals surface area contributed by atoms with Crippen LogP contribution in [0.4, 0.5) is 0 Å². The fourth-order valence-corrected chi connectivity index (χ4v) is 3.36. The Kier molecular flexibility index (Phi) is 8.82. The first-order valence-corrected chi connectivity index (χ1v) is 8.37. The molecule has 0 aliphatic heterocycles. The average molecular weight is 264 g/mol. The van der Waals surface area contributed by atoms with Crippen molar-refractivity contribution in [3.05, 3.63) is 0 Å². The standard InChI is InChI=1S/C12H28N2O2S/c1-5-14(6-2)9-7-13-8-10-17(15,16)11-12(3)4/h12-13H,5-11H2,1-4H3. The molecule has 0 fully saturated rings. The molecule has 0 amide bonds. The normalized spacial score (nSPS) is 12.6. The van der Waals surface area contributed by atoms with Gasteiger partial charge in [-0.15, -0.1) is 0 Å². The molecule has 0 aliphatic rings. The van der Waals surface area contributed by atoms with Gasteiger partial charge in [0.05, 0.1) is 11.5 Å². The third-order valence-corrected chi connectivity index (χ3v) is 4.68. The molecule has 0 aromatic rings. The van der Waals surface area contributed by atoms with Crippen molar-refractivity contribution in [1.82, 2.24) is 10.2 Å². The van der Waals surface area contributed by atoms with Crippen LogP contribution < -0.4 is 5.32 Å². The van der Waals surface area contributed by atoms with Gasteiger partial charge in [-0.2, -0.15) is 0 Å². The summed E-state index contributed by atoms with van der Waals surface area (Å²) in [5, 5.41) is 3.19. The number of nitrogens with one attached hydrogen (secondary N) is 1. The highest BCUT2D eigenvalue weighted by molar-refractivity contribution is 7.91. The van der Waals surface area contributed by atoms with Crippen LogP contribution >= 0.6 is 0 Å². The molecule has 5 heteroatoms. The lowest BCUT2D eigenvalue weighted by Crippen LogP contribution is -2.34. The van der Waals surface area contributed by atoms with Crippen LogP contribution in [0.25, 0.3) is 0 Å². The smallest absolute Gasteiger partial charge is 0.151 e. The largest absolute Gasteiger partial charge is 0.314 e. The predicted octanol–water partition coefficient (Wildman–Crippen LogP) is 0.989. The van der Waals surface area contributed by atoms with E-state index in [1.54, 1.807) is 0 Å². The number of rotatable bonds is 10. The Labute approximate surface area is 107 Å². The lowest BCUT2D eigenvalue weighted by atomic mass is 10.3. The molecule has 0 saturated heterocycles. The van der Waals surface area contributed by atoms with E-state index in [2.05, 4.69) is 24.1 Å². The molecule has 0 unspecified atom stereocenters. The van der Waals surface area contributed by atoms with E-state index in [1.807, 2.05) is 13.8 Å². The van der Waals surface area contributed by atoms with E-state index < -0.39 is 9.84 Å². The Balaban J connectivity index is 3.64. The molecule has 0 radical (unpaired) electrons. The fraction of sp³-hybridized carbons (Fsp3) is 1.00. The Morgan fingerprint density at radius 3 is 2.18 bits per heavy atom. The van der Waals surface area contributed by atoms with Crippen LogP contribution in [0, 0.1) is 5.92 Å². The maximum absolute atomic E-state index is 11.6. The molecular formula is C12H28N2O2S. The quantitative estimate of drug-likeness (QED) is 0.598. The maximum Gasteiger partial charge on any atom is 0.151 e. The topological polar surface area (TPSA) is 49.4 Å². The number of hydrogen-bond acceptors (Lipinski definition) is 4. The summed E-state index contributed by atoms with van der Waals surface area (Å²) in [4.78, 5) is 2.32. The minimum atomic E-state index is -2.87. The number of nitrogens with zero attached hydrogens (tertiary/aromatic N) is 1. The molecule has 1 N–H and O–H groups in total. The van der Waals surface area contributed by atoms with Gasteiger partial charge >= 0.3 is 0 Å². The van der Waals surface area contributed by atoms with Gasteiger partial charge in [-0.05, 0) is 19.0 Å². The van der Waals surface area contributed by atoms with Crippen molar-refractivity contribution < 1.29 is 8.42 Å². The van der Waals surface area contributed by atoms with Gasteiger partial charge in [0.15, 0.2) is 9.84 Å². The molecule has 0 spiro atoms. The van der Waals surface area contributed by atoms with Gasteiger partial charge in [0.25, 0.3) is 0 Å². The van der Waals surface area contributed by atoms with E-state index in [0.717, 1.165) is 26.2 Å². The van der Waals surface area contributed by atoms with Gasteiger partial charge in [0.1, 0.15) is 0 Å². The molecule has 0 aromatic heterocycles. The summed E-state index contributed by atoms with van der Waals surface area (Å²) >= 11 is 0. The molecule has 0 aromatic carbocycles. The van der Waals surface area contributed by atoms with E-state index in [9.17, 15) is 8.42 Å². The third kappa shape index (κ3) is 9.56. The molecule has 0 atom stereocenters. The van der Waals surface area contributed by atoms with E-state index >= 15 is 0 Å². The van der Waals surface area contributed by atoms with Crippen LogP contribution in [-0.2, 0) is 9.84 Å². The van der Waals surface area contributed by atoms with Crippen LogP contribution in [0.15, 0.2) is 0 Å². The van der Waals surface area contributed by atoms with Gasteiger partial charge in [0.2, 0.25) is 0 Å². The highest BCUT2D eigenvalue weighted by Gasteiger charge is 2.12. The van der Waals surface area contributed by atoms with Gasteiger partial charge in [0, 0.05) is 19.6 Å². The monoisotopic (exact) mass is 264 g/mol. The van der Waals surface area contributed by atoms with Crippen molar-refractivity contribution in [3.8, 4) is 0 Å². The minimum Gasteiger partial charge on any atom is -0.314 e. The van der Waals surface area contributed by atoms with Crippen LogP contribution in [0.3, 0.4) is 0 Å². The Bertz CT molecular complexity index is 272. The van der Waals surface area contributed by atoms with Crippen molar-refractivity contribution in [3.63, 3.8) is 0 Å². The predicted molar refractivity (Wildman–Crippen MR) is 74.1 cm³/mol. The molecule has 0 aliphatic carbocycles. The zero-order chi connectivity index (χ0) is 13.3. The van der Waals surface area contributed by atoms with Crippen LogP contribution in [-0.4, -0.2) is 57.5 Å². The molecule has 0 heterocycles. The van der Waals surface area contributed by atoms with Gasteiger partial charge in [-0.3, -0.25) is 0 Å². The summed E-state index contributed by atoms with van der Waals surface area (Å²) in [6.45, 7) is 12.6. The van der Waals surface area contributed by atoms with Crippen molar-refractivity contribution in [2.45, 2.75) is 27.7 Å². The molecule has 0 rings (SSSR count). The van der Waals surface area contributed by atoms with Crippen molar-refractivity contribution in [1.29, 1.82) is 0 Å². The molecule has 104 valence electrons. The second kappa shape index (κ2) is 8.89. The van der Waals surface area contributed by atoms with Crippen LogP contribution in [0.5, 0.6) is 0 Å². The lowest BCUT2D eigenvalue weighted by molar-refractivity contribution is 0.303. The summed E-state index contributed by atoms with van der Waals surface area (Å²) in [6.07, 6.45) is 0. The summed E-state index contributed by atoms with van der Waals surface area (Å²) in [5.74, 6) is 0.768. The van der Waals surface area contributed by atoms with E-state index in [1.165, 1.54) is 0 Å². The molecule has 17 heavy (non-hydrogen) atoms. The third-order valence-electron chi connectivity index (χ3n) is 2.68. The maximum atomic E-state index is 11.6. The first kappa shape index (κ1) is 16.9. The Morgan fingerprint density at radius 1 is 1.12 bits per heavy atom. The van der Waals surface area contributed by atoms with Gasteiger partial charge in [-0.1, -0.05) is 27.7 Å². The molecule has 4 nitrogen and oxygen atoms in total. The van der Waals surface area contributed by atoms with E-state index in [4.69, 9.17) is 0 Å². The van der Waals surface area contributed by atoms with Gasteiger partial charge in [-0.25, -0.2) is 8.42 Å². The Morgan fingerprint density at radius 2 is 1.71 bits per heavy atom. The Hall–Kier alpha value is -0.130. The number of hydrogen-bond donors (Lipinski definition) is 1. The molecular weight excluding hydrogens is 236 g/mol. The zero-order valence-corrected chi connectivity index (χ0v) is 12.5. The van der Waals surface area contributed by atoms with Crippen molar-refractivity contribution >= 4 is 9.84 Å². The molecule has 0 bridgehead atoms. The molecule has 0 saturated carbocycles. The highest BCUT2D eigenvalue weighted by Crippen LogP contribution is 1.99. The second-order valence-corrected chi connectivity index (χ2v) is 7.01. The van der Waals surface area contributed by atoms with E-state index in [-0.39, 0.29) is 11.7 Å². The van der Waals surface area contributed by atoms with Crippen LogP contribution in [0.2, 0.25) is 0 Å². The first-order chi connectivity index (χ1) is 7.91. The summed E-state index contributed by atoms with van der Waals surface area (Å²) in [6, 6.07) is 0. The lowest BCUT2D eigenvalue weighted by Gasteiger charge is -2.18. The van der Waals surface area contributed by atoms with E-state index in [0.29, 0.717) is 12.3 Å². The SMILES string of the molecule is CCN(CC)CCNCCS(=O)(=O)CC(C)C. The number of likely N-dealkylation sites (N-methyl/N-ethyl adjacent to an activating group) is 1. The van der Waals surface area contributed by atoms with Crippen LogP contribution in [0.1, 0.15) is 27.7 Å².